The molecule has 2 heterocycles. The third kappa shape index (κ3) is 3.81. The van der Waals surface area contributed by atoms with E-state index in [2.05, 4.69) is 54.6 Å². The predicted octanol–water partition coefficient (Wildman–Crippen LogP) is 6.63. The van der Waals surface area contributed by atoms with Crippen LogP contribution in [0.25, 0.3) is 50.3 Å². The Balaban J connectivity index is 1.34. The Kier molecular flexibility index (Phi) is 5.23. The zero-order valence-corrected chi connectivity index (χ0v) is 21.1. The zero-order chi connectivity index (χ0) is 25.7. The lowest BCUT2D eigenvalue weighted by atomic mass is 9.72. The molecule has 38 heavy (non-hydrogen) atoms. The van der Waals surface area contributed by atoms with Crippen molar-refractivity contribution in [2.24, 2.45) is 5.73 Å². The quantitative estimate of drug-likeness (QED) is 0.289. The minimum atomic E-state index is -0.189. The van der Waals surface area contributed by atoms with Crippen LogP contribution in [0.4, 0.5) is 0 Å². The lowest BCUT2D eigenvalue weighted by Crippen LogP contribution is -2.43. The normalized spacial score (nSPS) is 14.5. The van der Waals surface area contributed by atoms with Crippen molar-refractivity contribution in [3.63, 3.8) is 0 Å². The molecule has 1 saturated carbocycles. The number of methoxy groups -OCH3 is 1. The monoisotopic (exact) mass is 497 g/mol. The van der Waals surface area contributed by atoms with Crippen LogP contribution in [0.15, 0.2) is 97.2 Å². The molecule has 0 radical (unpaired) electrons. The summed E-state index contributed by atoms with van der Waals surface area (Å²) in [6.45, 7) is 0. The van der Waals surface area contributed by atoms with Crippen LogP contribution in [0.2, 0.25) is 0 Å². The first-order chi connectivity index (χ1) is 18.6. The summed E-state index contributed by atoms with van der Waals surface area (Å²) in [6.07, 6.45) is 5.29. The van der Waals surface area contributed by atoms with Crippen molar-refractivity contribution in [1.82, 2.24) is 19.6 Å². The molecule has 7 rings (SSSR count). The summed E-state index contributed by atoms with van der Waals surface area (Å²) in [6, 6.07) is 31.1. The summed E-state index contributed by atoms with van der Waals surface area (Å²) in [5.41, 5.74) is 12.5. The summed E-state index contributed by atoms with van der Waals surface area (Å²) >= 11 is 0. The molecule has 6 heteroatoms. The number of nitrogens with two attached hydrogens (primary N) is 1. The molecule has 0 saturated heterocycles. The SMILES string of the molecule is COc1ccc2cc(-c3nc4nc(-c5ccc(C6(N)CCC6)cc5)c(-c5ccccc5)cn4n3)ccc2c1. The van der Waals surface area contributed by atoms with Crippen LogP contribution in [0, 0.1) is 0 Å². The lowest BCUT2D eigenvalue weighted by Gasteiger charge is -2.38. The second-order valence-electron chi connectivity index (χ2n) is 10.1. The second-order valence-corrected chi connectivity index (χ2v) is 10.1. The van der Waals surface area contributed by atoms with Crippen LogP contribution in [0.5, 0.6) is 5.75 Å². The van der Waals surface area contributed by atoms with E-state index in [1.807, 2.05) is 42.6 Å². The molecule has 0 unspecified atom stereocenters. The second kappa shape index (κ2) is 8.78. The van der Waals surface area contributed by atoms with E-state index >= 15 is 0 Å². The Morgan fingerprint density at radius 1 is 0.789 bits per heavy atom. The molecular formula is C32H27N5O. The highest BCUT2D eigenvalue weighted by Crippen LogP contribution is 2.40. The molecule has 2 aromatic heterocycles. The summed E-state index contributed by atoms with van der Waals surface area (Å²) in [5, 5.41) is 7.02. The first-order valence-corrected chi connectivity index (χ1v) is 12.9. The van der Waals surface area contributed by atoms with Gasteiger partial charge in [0.1, 0.15) is 5.75 Å². The van der Waals surface area contributed by atoms with Gasteiger partial charge in [-0.05, 0) is 59.4 Å². The predicted molar refractivity (Wildman–Crippen MR) is 151 cm³/mol. The first kappa shape index (κ1) is 22.6. The number of rotatable bonds is 5. The van der Waals surface area contributed by atoms with Gasteiger partial charge in [0, 0.05) is 28.4 Å². The number of benzene rings is 4. The number of hydrogen-bond acceptors (Lipinski definition) is 5. The molecule has 0 atom stereocenters. The highest BCUT2D eigenvalue weighted by Gasteiger charge is 2.34. The maximum atomic E-state index is 6.57. The fourth-order valence-electron chi connectivity index (χ4n) is 5.29. The average Bonchev–Trinajstić information content (AvgIpc) is 3.38. The van der Waals surface area contributed by atoms with Crippen LogP contribution >= 0.6 is 0 Å². The Bertz CT molecular complexity index is 1790. The van der Waals surface area contributed by atoms with Crippen molar-refractivity contribution in [3.8, 4) is 39.5 Å². The molecule has 2 N–H and O–H groups in total. The van der Waals surface area contributed by atoms with Gasteiger partial charge in [0.25, 0.3) is 5.78 Å². The van der Waals surface area contributed by atoms with Crippen molar-refractivity contribution >= 4 is 16.6 Å². The molecule has 1 aliphatic rings. The van der Waals surface area contributed by atoms with Crippen molar-refractivity contribution in [3.05, 3.63) is 103 Å². The maximum Gasteiger partial charge on any atom is 0.253 e. The first-order valence-electron chi connectivity index (χ1n) is 12.9. The van der Waals surface area contributed by atoms with E-state index in [0.717, 1.165) is 57.3 Å². The summed E-state index contributed by atoms with van der Waals surface area (Å²) in [4.78, 5) is 9.84. The molecule has 1 aliphatic carbocycles. The van der Waals surface area contributed by atoms with Gasteiger partial charge in [-0.25, -0.2) is 9.50 Å². The maximum absolute atomic E-state index is 6.57. The van der Waals surface area contributed by atoms with E-state index in [4.69, 9.17) is 25.5 Å². The van der Waals surface area contributed by atoms with Gasteiger partial charge in [0.15, 0.2) is 5.82 Å². The van der Waals surface area contributed by atoms with E-state index in [1.54, 1.807) is 11.6 Å². The van der Waals surface area contributed by atoms with Crippen LogP contribution in [0.3, 0.4) is 0 Å². The van der Waals surface area contributed by atoms with Crippen molar-refractivity contribution in [2.45, 2.75) is 24.8 Å². The Labute approximate surface area is 220 Å². The number of aromatic nitrogens is 4. The number of nitrogens with zero attached hydrogens (tertiary/aromatic N) is 4. The minimum absolute atomic E-state index is 0.189. The molecule has 6 aromatic rings. The van der Waals surface area contributed by atoms with Crippen LogP contribution in [-0.4, -0.2) is 26.7 Å². The fourth-order valence-corrected chi connectivity index (χ4v) is 5.29. The highest BCUT2D eigenvalue weighted by molar-refractivity contribution is 5.88. The Hall–Kier alpha value is -4.55. The number of ether oxygens (including phenoxy) is 1. The molecule has 6 nitrogen and oxygen atoms in total. The van der Waals surface area contributed by atoms with Gasteiger partial charge in [0.2, 0.25) is 0 Å². The van der Waals surface area contributed by atoms with Gasteiger partial charge < -0.3 is 10.5 Å². The molecule has 186 valence electrons. The van der Waals surface area contributed by atoms with Gasteiger partial charge in [-0.1, -0.05) is 72.8 Å². The van der Waals surface area contributed by atoms with E-state index in [0.29, 0.717) is 11.6 Å². The summed E-state index contributed by atoms with van der Waals surface area (Å²) in [5.74, 6) is 2.03. The van der Waals surface area contributed by atoms with E-state index in [9.17, 15) is 0 Å². The minimum Gasteiger partial charge on any atom is -0.497 e. The molecule has 0 aliphatic heterocycles. The zero-order valence-electron chi connectivity index (χ0n) is 21.1. The van der Waals surface area contributed by atoms with E-state index < -0.39 is 0 Å². The largest absolute Gasteiger partial charge is 0.497 e. The smallest absolute Gasteiger partial charge is 0.253 e. The van der Waals surface area contributed by atoms with Crippen LogP contribution < -0.4 is 10.5 Å². The molecule has 1 fully saturated rings. The number of hydrogen-bond donors (Lipinski definition) is 1. The molecule has 4 aromatic carbocycles. The lowest BCUT2D eigenvalue weighted by molar-refractivity contribution is 0.253. The summed E-state index contributed by atoms with van der Waals surface area (Å²) < 4.78 is 7.14. The van der Waals surface area contributed by atoms with Gasteiger partial charge in [0.05, 0.1) is 12.8 Å². The molecule has 0 amide bonds. The number of fused-ring (bicyclic) bond motifs is 2. The molecular weight excluding hydrogens is 470 g/mol. The van der Waals surface area contributed by atoms with Gasteiger partial charge in [-0.15, -0.1) is 5.10 Å². The van der Waals surface area contributed by atoms with Gasteiger partial charge >= 0.3 is 0 Å². The molecule has 0 bridgehead atoms. The average molecular weight is 498 g/mol. The van der Waals surface area contributed by atoms with Gasteiger partial charge in [-0.3, -0.25) is 0 Å². The standard InChI is InChI=1S/C32H27N5O/c1-38-27-15-12-23-18-25(9-8-24(23)19-27)30-35-31-34-29(22-10-13-26(14-11-22)32(33)16-5-17-32)28(20-37(31)36-30)21-6-3-2-4-7-21/h2-4,6-15,18-20H,5,16-17,33H2,1H3. The fraction of sp³-hybridized carbons (Fsp3) is 0.156. The van der Waals surface area contributed by atoms with Crippen LogP contribution in [0.1, 0.15) is 24.8 Å². The van der Waals surface area contributed by atoms with Crippen LogP contribution in [-0.2, 0) is 5.54 Å². The van der Waals surface area contributed by atoms with Crippen molar-refractivity contribution in [2.75, 3.05) is 7.11 Å². The topological polar surface area (TPSA) is 78.3 Å². The Morgan fingerprint density at radius 2 is 1.53 bits per heavy atom. The van der Waals surface area contributed by atoms with E-state index in [-0.39, 0.29) is 5.54 Å². The Morgan fingerprint density at radius 3 is 2.26 bits per heavy atom. The van der Waals surface area contributed by atoms with Crippen molar-refractivity contribution < 1.29 is 4.74 Å². The third-order valence-corrected chi connectivity index (χ3v) is 7.70. The molecule has 0 spiro atoms. The van der Waals surface area contributed by atoms with Gasteiger partial charge in [-0.2, -0.15) is 4.98 Å². The van der Waals surface area contributed by atoms with E-state index in [1.165, 1.54) is 12.0 Å². The third-order valence-electron chi connectivity index (χ3n) is 7.70. The highest BCUT2D eigenvalue weighted by atomic mass is 16.5. The van der Waals surface area contributed by atoms with Crippen molar-refractivity contribution in [1.29, 1.82) is 0 Å². The summed E-state index contributed by atoms with van der Waals surface area (Å²) in [7, 11) is 1.68.